The van der Waals surface area contributed by atoms with Crippen molar-refractivity contribution in [3.05, 3.63) is 47.7 Å². The lowest BCUT2D eigenvalue weighted by Gasteiger charge is -2.20. The van der Waals surface area contributed by atoms with E-state index in [1.807, 2.05) is 4.90 Å². The molecular weight excluding hydrogens is 476 g/mol. The number of thiocarbonyl (C=S) groups is 1. The average Bonchev–Trinajstić information content (AvgIpc) is 3.18. The van der Waals surface area contributed by atoms with E-state index in [4.69, 9.17) is 23.8 Å². The van der Waals surface area contributed by atoms with Crippen molar-refractivity contribution in [2.24, 2.45) is 4.99 Å². The number of aliphatic hydroxyl groups excluding tert-OH is 1. The van der Waals surface area contributed by atoms with Crippen LogP contribution in [0.5, 0.6) is 5.75 Å². The number of β-amino-alcohol motifs (C(OH)–C–C–N with tert-alkyl or cyclic N) is 1. The number of carbonyl (C=O) groups is 1. The molecule has 1 aliphatic rings. The van der Waals surface area contributed by atoms with E-state index in [1.54, 1.807) is 31.4 Å². The van der Waals surface area contributed by atoms with Crippen LogP contribution in [0.1, 0.15) is 22.3 Å². The van der Waals surface area contributed by atoms with Crippen LogP contribution in [0, 0.1) is 0 Å². The van der Waals surface area contributed by atoms with E-state index >= 15 is 0 Å². The molecule has 1 amide bonds. The molecule has 0 spiro atoms. The summed E-state index contributed by atoms with van der Waals surface area (Å²) < 4.78 is 29.7. The van der Waals surface area contributed by atoms with Crippen molar-refractivity contribution in [2.45, 2.75) is 18.1 Å². The van der Waals surface area contributed by atoms with Crippen LogP contribution < -0.4 is 15.0 Å². The second-order valence-electron chi connectivity index (χ2n) is 7.52. The molecular formula is C21H22ClF2N5O3S. The minimum absolute atomic E-state index is 0.154. The Balaban J connectivity index is 1.82. The number of hydrogen-bond donors (Lipinski definition) is 2. The van der Waals surface area contributed by atoms with Gasteiger partial charge in [0, 0.05) is 50.7 Å². The molecule has 12 heteroatoms. The van der Waals surface area contributed by atoms with Crippen LogP contribution in [0.15, 0.2) is 41.5 Å². The van der Waals surface area contributed by atoms with Crippen LogP contribution in [0.25, 0.3) is 0 Å². The first-order valence-corrected chi connectivity index (χ1v) is 10.7. The second-order valence-corrected chi connectivity index (χ2v) is 8.35. The second kappa shape index (κ2) is 10.4. The van der Waals surface area contributed by atoms with Gasteiger partial charge < -0.3 is 25.0 Å². The topological polar surface area (TPSA) is 90.3 Å². The third kappa shape index (κ3) is 7.04. The van der Waals surface area contributed by atoms with E-state index in [1.165, 1.54) is 30.5 Å². The van der Waals surface area contributed by atoms with Gasteiger partial charge in [0.15, 0.2) is 0 Å². The third-order valence-electron chi connectivity index (χ3n) is 4.57. The van der Waals surface area contributed by atoms with E-state index in [0.29, 0.717) is 36.6 Å². The number of halogens is 3. The summed E-state index contributed by atoms with van der Waals surface area (Å²) in [5.41, 5.74) is -2.76. The number of anilines is 2. The number of rotatable bonds is 7. The molecule has 2 N–H and O–H groups in total. The predicted molar refractivity (Wildman–Crippen MR) is 127 cm³/mol. The number of aliphatic imine (C=N–C) groups is 1. The summed E-state index contributed by atoms with van der Waals surface area (Å²) in [6.45, 7) is 1.00. The number of aromatic nitrogens is 1. The fraction of sp³-hybridized carbons (Fsp3) is 0.333. The maximum Gasteiger partial charge on any atom is 0.487 e. The molecule has 0 aliphatic carbocycles. The Morgan fingerprint density at radius 1 is 1.42 bits per heavy atom. The van der Waals surface area contributed by atoms with Crippen LogP contribution in [0.4, 0.5) is 20.3 Å². The van der Waals surface area contributed by atoms with Crippen molar-refractivity contribution in [3.63, 3.8) is 0 Å². The average molecular weight is 498 g/mol. The number of nitrogens with one attached hydrogen (secondary N) is 1. The monoisotopic (exact) mass is 497 g/mol. The van der Waals surface area contributed by atoms with Gasteiger partial charge in [0.1, 0.15) is 16.6 Å². The standard InChI is InChI=1S/C21H22ClF2N5O3S/c1-28(2)12-26-20(33)17-9-13(10-25-18(17)29-8-7-15(30)11-29)19(31)27-14-3-5-16(6-4-14)32-21(22,23)24/h3-6,9-10,12,15,30H,7-8,11H2,1-2H3,(H,27,31)/t15-/m1/s1. The fourth-order valence-electron chi connectivity index (χ4n) is 3.11. The molecule has 1 aromatic heterocycles. The summed E-state index contributed by atoms with van der Waals surface area (Å²) in [5, 5.41) is 12.6. The van der Waals surface area contributed by atoms with E-state index < -0.39 is 17.6 Å². The first-order chi connectivity index (χ1) is 15.5. The summed E-state index contributed by atoms with van der Waals surface area (Å²) in [4.78, 5) is 25.3. The Kier molecular flexibility index (Phi) is 7.77. The molecule has 2 heterocycles. The van der Waals surface area contributed by atoms with E-state index in [-0.39, 0.29) is 16.3 Å². The number of alkyl halides is 3. The zero-order valence-electron chi connectivity index (χ0n) is 17.8. The number of ether oxygens (including phenoxy) is 1. The minimum Gasteiger partial charge on any atom is -0.420 e. The molecule has 8 nitrogen and oxygen atoms in total. The number of nitrogens with zero attached hydrogens (tertiary/aromatic N) is 4. The van der Waals surface area contributed by atoms with E-state index in [0.717, 1.165) is 0 Å². The number of carbonyl (C=O) groups excluding carboxylic acids is 1. The SMILES string of the molecule is CN(C)C=NC(=S)c1cc(C(=O)Nc2ccc(OC(F)(F)Cl)cc2)cnc1N1CC[C@@H](O)C1. The lowest BCUT2D eigenvalue weighted by molar-refractivity contribution is -0.0964. The van der Waals surface area contributed by atoms with Crippen LogP contribution in [-0.4, -0.2) is 71.1 Å². The maximum absolute atomic E-state index is 12.8. The summed E-state index contributed by atoms with van der Waals surface area (Å²) >= 11 is 10.2. The molecule has 0 radical (unpaired) electrons. The molecule has 3 rings (SSSR count). The molecule has 1 saturated heterocycles. The van der Waals surface area contributed by atoms with Crippen molar-refractivity contribution in [3.8, 4) is 5.75 Å². The Morgan fingerprint density at radius 2 is 2.12 bits per heavy atom. The summed E-state index contributed by atoms with van der Waals surface area (Å²) in [6, 6.07) is 6.89. The Hall–Kier alpha value is -2.89. The van der Waals surface area contributed by atoms with Crippen LogP contribution >= 0.6 is 23.8 Å². The lowest BCUT2D eigenvalue weighted by atomic mass is 10.1. The van der Waals surface area contributed by atoms with Crippen LogP contribution in [-0.2, 0) is 0 Å². The number of benzene rings is 1. The minimum atomic E-state index is -3.83. The molecule has 0 unspecified atom stereocenters. The Bertz CT molecular complexity index is 1050. The Labute approximate surface area is 199 Å². The van der Waals surface area contributed by atoms with Gasteiger partial charge in [-0.15, -0.1) is 8.78 Å². The quantitative estimate of drug-likeness (QED) is 0.262. The molecule has 176 valence electrons. The number of pyridine rings is 1. The van der Waals surface area contributed by atoms with Gasteiger partial charge in [-0.25, -0.2) is 9.98 Å². The first kappa shape index (κ1) is 24.7. The van der Waals surface area contributed by atoms with Gasteiger partial charge in [-0.2, -0.15) is 0 Å². The van der Waals surface area contributed by atoms with E-state index in [2.05, 4.69) is 20.0 Å². The van der Waals surface area contributed by atoms with Crippen molar-refractivity contribution in [1.29, 1.82) is 0 Å². The fourth-order valence-corrected chi connectivity index (χ4v) is 3.39. The molecule has 33 heavy (non-hydrogen) atoms. The van der Waals surface area contributed by atoms with Gasteiger partial charge in [-0.1, -0.05) is 12.2 Å². The lowest BCUT2D eigenvalue weighted by Crippen LogP contribution is -2.25. The van der Waals surface area contributed by atoms with Crippen molar-refractivity contribution < 1.29 is 23.4 Å². The third-order valence-corrected chi connectivity index (χ3v) is 4.98. The zero-order valence-corrected chi connectivity index (χ0v) is 19.4. The zero-order chi connectivity index (χ0) is 24.2. The van der Waals surface area contributed by atoms with E-state index in [9.17, 15) is 18.7 Å². The highest BCUT2D eigenvalue weighted by Gasteiger charge is 2.28. The van der Waals surface area contributed by atoms with Crippen LogP contribution in [0.2, 0.25) is 0 Å². The Morgan fingerprint density at radius 3 is 2.70 bits per heavy atom. The highest BCUT2D eigenvalue weighted by molar-refractivity contribution is 7.80. The molecule has 0 bridgehead atoms. The number of aliphatic hydroxyl groups is 1. The molecule has 1 aliphatic heterocycles. The van der Waals surface area contributed by atoms with Crippen molar-refractivity contribution in [2.75, 3.05) is 37.4 Å². The highest BCUT2D eigenvalue weighted by Crippen LogP contribution is 2.27. The molecule has 1 atom stereocenters. The highest BCUT2D eigenvalue weighted by atomic mass is 35.5. The molecule has 1 aromatic carbocycles. The van der Waals surface area contributed by atoms with Crippen molar-refractivity contribution >= 4 is 52.6 Å². The van der Waals surface area contributed by atoms with Gasteiger partial charge in [-0.05, 0) is 36.8 Å². The van der Waals surface area contributed by atoms with Gasteiger partial charge in [-0.3, -0.25) is 4.79 Å². The summed E-state index contributed by atoms with van der Waals surface area (Å²) in [7, 11) is 3.60. The largest absolute Gasteiger partial charge is 0.487 e. The van der Waals surface area contributed by atoms with Gasteiger partial charge in [0.05, 0.1) is 23.6 Å². The molecule has 0 saturated carbocycles. The van der Waals surface area contributed by atoms with Gasteiger partial charge >= 0.3 is 5.57 Å². The first-order valence-electron chi connectivity index (χ1n) is 9.87. The summed E-state index contributed by atoms with van der Waals surface area (Å²) in [6.07, 6.45) is 3.09. The van der Waals surface area contributed by atoms with Crippen LogP contribution in [0.3, 0.4) is 0 Å². The number of hydrogen-bond acceptors (Lipinski definition) is 6. The molecule has 1 fully saturated rings. The molecule has 2 aromatic rings. The predicted octanol–water partition coefficient (Wildman–Crippen LogP) is 3.34. The number of amides is 1. The summed E-state index contributed by atoms with van der Waals surface area (Å²) in [5.74, 6) is -0.0989. The van der Waals surface area contributed by atoms with Crippen molar-refractivity contribution in [1.82, 2.24) is 9.88 Å². The maximum atomic E-state index is 12.8. The van der Waals surface area contributed by atoms with Gasteiger partial charge in [0.2, 0.25) is 0 Å². The van der Waals surface area contributed by atoms with Gasteiger partial charge in [0.25, 0.3) is 5.91 Å². The smallest absolute Gasteiger partial charge is 0.420 e. The normalized spacial score (nSPS) is 16.2.